The van der Waals surface area contributed by atoms with E-state index in [1.54, 1.807) is 0 Å². The number of hydrogen-bond donors (Lipinski definition) is 2. The molecular formula is C12H20FN3O4S. The molecule has 0 radical (unpaired) electrons. The van der Waals surface area contributed by atoms with Gasteiger partial charge in [-0.1, -0.05) is 0 Å². The van der Waals surface area contributed by atoms with Crippen LogP contribution in [0.3, 0.4) is 0 Å². The van der Waals surface area contributed by atoms with Crippen LogP contribution in [-0.4, -0.2) is 53.9 Å². The Balaban J connectivity index is 2.87. The van der Waals surface area contributed by atoms with Gasteiger partial charge in [-0.25, -0.2) is 17.5 Å². The summed E-state index contributed by atoms with van der Waals surface area (Å²) < 4.78 is 50.2. The Hall–Kier alpha value is -1.29. The van der Waals surface area contributed by atoms with E-state index in [1.807, 2.05) is 0 Å². The monoisotopic (exact) mass is 321 g/mol. The van der Waals surface area contributed by atoms with Crippen LogP contribution in [0.5, 0.6) is 0 Å². The van der Waals surface area contributed by atoms with Crippen molar-refractivity contribution in [2.45, 2.75) is 11.3 Å². The van der Waals surface area contributed by atoms with Crippen LogP contribution in [0, 0.1) is 5.82 Å². The quantitative estimate of drug-likeness (QED) is 0.613. The molecule has 0 aliphatic carbocycles. The van der Waals surface area contributed by atoms with Gasteiger partial charge in [0.25, 0.3) is 0 Å². The van der Waals surface area contributed by atoms with E-state index < -0.39 is 20.7 Å². The summed E-state index contributed by atoms with van der Waals surface area (Å²) in [5.74, 6) is -0.906. The van der Waals surface area contributed by atoms with Gasteiger partial charge in [0, 0.05) is 33.9 Å². The van der Waals surface area contributed by atoms with Gasteiger partial charge in [-0.05, 0) is 6.42 Å². The van der Waals surface area contributed by atoms with E-state index in [9.17, 15) is 12.8 Å². The molecule has 0 aliphatic heterocycles. The number of aromatic nitrogens is 1. The van der Waals surface area contributed by atoms with E-state index in [4.69, 9.17) is 9.47 Å². The number of pyridine rings is 1. The van der Waals surface area contributed by atoms with Gasteiger partial charge in [0.2, 0.25) is 10.0 Å². The van der Waals surface area contributed by atoms with Crippen LogP contribution in [0.1, 0.15) is 6.42 Å². The highest BCUT2D eigenvalue weighted by Crippen LogP contribution is 2.22. The summed E-state index contributed by atoms with van der Waals surface area (Å²) in [7, 11) is -0.926. The van der Waals surface area contributed by atoms with E-state index in [2.05, 4.69) is 15.0 Å². The maximum Gasteiger partial charge on any atom is 0.245 e. The van der Waals surface area contributed by atoms with Gasteiger partial charge in [0.1, 0.15) is 4.90 Å². The van der Waals surface area contributed by atoms with Crippen LogP contribution < -0.4 is 10.0 Å². The third-order valence-corrected chi connectivity index (χ3v) is 4.10. The first kappa shape index (κ1) is 17.8. The number of ether oxygens (including phenoxy) is 2. The number of halogens is 1. The summed E-state index contributed by atoms with van der Waals surface area (Å²) in [6, 6.07) is 0. The number of methoxy groups -OCH3 is 2. The fourth-order valence-corrected chi connectivity index (χ4v) is 2.89. The molecule has 0 spiro atoms. The second kappa shape index (κ2) is 8.88. The minimum atomic E-state index is -3.96. The first-order chi connectivity index (χ1) is 10.0. The zero-order valence-corrected chi connectivity index (χ0v) is 12.9. The van der Waals surface area contributed by atoms with Crippen molar-refractivity contribution in [1.29, 1.82) is 0 Å². The van der Waals surface area contributed by atoms with Gasteiger partial charge < -0.3 is 14.8 Å². The molecule has 0 unspecified atom stereocenters. The Morgan fingerprint density at radius 2 is 1.90 bits per heavy atom. The minimum absolute atomic E-state index is 0.103. The lowest BCUT2D eigenvalue weighted by molar-refractivity contribution is 0.196. The summed E-state index contributed by atoms with van der Waals surface area (Å²) in [4.78, 5) is 3.22. The number of sulfonamides is 1. The van der Waals surface area contributed by atoms with Crippen LogP contribution in [0.2, 0.25) is 0 Å². The third kappa shape index (κ3) is 5.54. The molecule has 0 bridgehead atoms. The van der Waals surface area contributed by atoms with Crippen LogP contribution in [-0.2, 0) is 19.5 Å². The summed E-state index contributed by atoms with van der Waals surface area (Å²) >= 11 is 0. The molecule has 0 saturated carbocycles. The number of nitrogens with zero attached hydrogens (tertiary/aromatic N) is 1. The molecule has 0 fully saturated rings. The Labute approximate surface area is 123 Å². The zero-order valence-electron chi connectivity index (χ0n) is 12.1. The normalized spacial score (nSPS) is 11.6. The number of anilines is 1. The van der Waals surface area contributed by atoms with E-state index in [0.717, 1.165) is 6.20 Å². The fraction of sp³-hybridized carbons (Fsp3) is 0.583. The molecule has 120 valence electrons. The van der Waals surface area contributed by atoms with Crippen molar-refractivity contribution in [3.05, 3.63) is 18.2 Å². The van der Waals surface area contributed by atoms with Gasteiger partial charge in [-0.2, -0.15) is 0 Å². The van der Waals surface area contributed by atoms with Gasteiger partial charge in [-0.15, -0.1) is 0 Å². The van der Waals surface area contributed by atoms with Crippen molar-refractivity contribution in [2.75, 3.05) is 45.8 Å². The van der Waals surface area contributed by atoms with Gasteiger partial charge in [0.05, 0.1) is 24.7 Å². The van der Waals surface area contributed by atoms with Crippen molar-refractivity contribution < 1.29 is 22.3 Å². The fourth-order valence-electron chi connectivity index (χ4n) is 1.61. The molecule has 21 heavy (non-hydrogen) atoms. The van der Waals surface area contributed by atoms with E-state index in [1.165, 1.54) is 20.4 Å². The molecule has 1 rings (SSSR count). The summed E-state index contributed by atoms with van der Waals surface area (Å²) in [5.41, 5.74) is 0.103. The first-order valence-corrected chi connectivity index (χ1v) is 7.86. The molecular weight excluding hydrogens is 301 g/mol. The zero-order chi connectivity index (χ0) is 15.7. The second-order valence-corrected chi connectivity index (χ2v) is 5.87. The average Bonchev–Trinajstić information content (AvgIpc) is 2.44. The minimum Gasteiger partial charge on any atom is -0.385 e. The highest BCUT2D eigenvalue weighted by atomic mass is 32.2. The number of nitrogens with one attached hydrogen (secondary N) is 2. The molecule has 0 amide bonds. The van der Waals surface area contributed by atoms with Gasteiger partial charge in [-0.3, -0.25) is 4.98 Å². The molecule has 0 aliphatic rings. The largest absolute Gasteiger partial charge is 0.385 e. The van der Waals surface area contributed by atoms with Gasteiger partial charge >= 0.3 is 0 Å². The van der Waals surface area contributed by atoms with E-state index in [0.29, 0.717) is 26.2 Å². The standard InChI is InChI=1S/C12H20FN3O4S/c1-19-6-3-4-16-21(17,18)12-10(13)8-14-9-11(12)15-5-7-20-2/h8-9,15-16H,3-7H2,1-2H3. The molecule has 1 aromatic rings. The second-order valence-electron chi connectivity index (χ2n) is 4.16. The lowest BCUT2D eigenvalue weighted by atomic mass is 10.4. The Bertz CT molecular complexity index is 539. The highest BCUT2D eigenvalue weighted by Gasteiger charge is 2.23. The predicted octanol–water partition coefficient (Wildman–Crippen LogP) is 0.594. The maximum atomic E-state index is 13.9. The van der Waals surface area contributed by atoms with Gasteiger partial charge in [0.15, 0.2) is 5.82 Å². The number of rotatable bonds is 10. The third-order valence-electron chi connectivity index (χ3n) is 2.56. The van der Waals surface area contributed by atoms with E-state index >= 15 is 0 Å². The van der Waals surface area contributed by atoms with Crippen molar-refractivity contribution in [2.24, 2.45) is 0 Å². The lowest BCUT2D eigenvalue weighted by Crippen LogP contribution is -2.27. The Morgan fingerprint density at radius 3 is 2.57 bits per heavy atom. The molecule has 0 saturated heterocycles. The topological polar surface area (TPSA) is 89.5 Å². The molecule has 0 atom stereocenters. The molecule has 2 N–H and O–H groups in total. The average molecular weight is 321 g/mol. The lowest BCUT2D eigenvalue weighted by Gasteiger charge is -2.13. The molecule has 1 aromatic heterocycles. The first-order valence-electron chi connectivity index (χ1n) is 6.38. The van der Waals surface area contributed by atoms with Crippen molar-refractivity contribution in [3.8, 4) is 0 Å². The van der Waals surface area contributed by atoms with Crippen LogP contribution in [0.15, 0.2) is 17.3 Å². The molecule has 0 aromatic carbocycles. The maximum absolute atomic E-state index is 13.9. The molecule has 9 heteroatoms. The van der Waals surface area contributed by atoms with Crippen LogP contribution >= 0.6 is 0 Å². The number of hydrogen-bond acceptors (Lipinski definition) is 6. The van der Waals surface area contributed by atoms with Crippen LogP contribution in [0.25, 0.3) is 0 Å². The van der Waals surface area contributed by atoms with Crippen molar-refractivity contribution in [3.63, 3.8) is 0 Å². The SMILES string of the molecule is COCCCNS(=O)(=O)c1c(F)cncc1NCCOC. The molecule has 7 nitrogen and oxygen atoms in total. The predicted molar refractivity (Wildman–Crippen MR) is 76.2 cm³/mol. The van der Waals surface area contributed by atoms with Crippen molar-refractivity contribution in [1.82, 2.24) is 9.71 Å². The smallest absolute Gasteiger partial charge is 0.245 e. The Kier molecular flexibility index (Phi) is 7.51. The van der Waals surface area contributed by atoms with Crippen molar-refractivity contribution >= 4 is 15.7 Å². The molecule has 1 heterocycles. The highest BCUT2D eigenvalue weighted by molar-refractivity contribution is 7.89. The van der Waals surface area contributed by atoms with Crippen LogP contribution in [0.4, 0.5) is 10.1 Å². The summed E-state index contributed by atoms with van der Waals surface area (Å²) in [6.45, 7) is 1.28. The summed E-state index contributed by atoms with van der Waals surface area (Å²) in [5, 5.41) is 2.79. The summed E-state index contributed by atoms with van der Waals surface area (Å²) in [6.07, 6.45) is 2.63. The Morgan fingerprint density at radius 1 is 1.19 bits per heavy atom. The van der Waals surface area contributed by atoms with E-state index in [-0.39, 0.29) is 12.2 Å².